The third-order valence-electron chi connectivity index (χ3n) is 3.41. The van der Waals surface area contributed by atoms with Crippen molar-refractivity contribution in [2.24, 2.45) is 5.41 Å². The van der Waals surface area contributed by atoms with Crippen LogP contribution in [-0.4, -0.2) is 0 Å². The Morgan fingerprint density at radius 2 is 1.83 bits per heavy atom. The zero-order chi connectivity index (χ0) is 14.8. The summed E-state index contributed by atoms with van der Waals surface area (Å²) in [4.78, 5) is 0. The van der Waals surface area contributed by atoms with Crippen molar-refractivity contribution in [3.63, 3.8) is 0 Å². The molecule has 0 nitrogen and oxygen atoms in total. The van der Waals surface area contributed by atoms with Crippen molar-refractivity contribution >= 4 is 26.7 Å². The van der Waals surface area contributed by atoms with Gasteiger partial charge in [-0.3, -0.25) is 6.08 Å². The van der Waals surface area contributed by atoms with Crippen molar-refractivity contribution in [2.75, 3.05) is 0 Å². The molecular formula is C19H21BrCl2Zr. The van der Waals surface area contributed by atoms with Crippen molar-refractivity contribution in [3.8, 4) is 0 Å². The van der Waals surface area contributed by atoms with Crippen LogP contribution in [0.4, 0.5) is 0 Å². The minimum Gasteiger partial charge on any atom is -1.00 e. The Balaban J connectivity index is 0. The summed E-state index contributed by atoms with van der Waals surface area (Å²) in [7, 11) is 0. The minimum absolute atomic E-state index is 0. The third kappa shape index (κ3) is 7.34. The molecule has 23 heavy (non-hydrogen) atoms. The first-order chi connectivity index (χ1) is 9.38. The molecule has 4 heteroatoms. The molecule has 0 saturated heterocycles. The summed E-state index contributed by atoms with van der Waals surface area (Å²) in [5, 5.41) is 2.63. The monoisotopic (exact) mass is 488 g/mol. The number of benzene rings is 1. The molecule has 0 spiro atoms. The SMILES string of the molecule is CC(C)(C)C1=CC[C-]=C1.Cc1cc2c(Br)cccc2[cH-]1.[Cl-].[Cl-].[Zr+4]. The van der Waals surface area contributed by atoms with E-state index in [0.29, 0.717) is 5.41 Å². The topological polar surface area (TPSA) is 0 Å². The molecule has 0 heterocycles. The number of aryl methyl sites for hydroxylation is 1. The Morgan fingerprint density at radius 3 is 2.26 bits per heavy atom. The summed E-state index contributed by atoms with van der Waals surface area (Å²) < 4.78 is 1.18. The van der Waals surface area contributed by atoms with Crippen LogP contribution in [0.1, 0.15) is 32.8 Å². The van der Waals surface area contributed by atoms with E-state index in [1.807, 2.05) is 0 Å². The maximum atomic E-state index is 3.51. The largest absolute Gasteiger partial charge is 4.00 e. The van der Waals surface area contributed by atoms with E-state index in [9.17, 15) is 0 Å². The van der Waals surface area contributed by atoms with Crippen LogP contribution in [0.15, 0.2) is 52.5 Å². The number of rotatable bonds is 0. The molecule has 122 valence electrons. The number of fused-ring (bicyclic) bond motifs is 1. The summed E-state index contributed by atoms with van der Waals surface area (Å²) in [6.45, 7) is 8.79. The van der Waals surface area contributed by atoms with Crippen LogP contribution in [0, 0.1) is 18.4 Å². The number of allylic oxidation sites excluding steroid dienone is 4. The summed E-state index contributed by atoms with van der Waals surface area (Å²) >= 11 is 3.51. The van der Waals surface area contributed by atoms with E-state index in [1.165, 1.54) is 26.4 Å². The normalized spacial score (nSPS) is 12.3. The summed E-state index contributed by atoms with van der Waals surface area (Å²) in [6, 6.07) is 10.7. The second-order valence-corrected chi connectivity index (χ2v) is 7.09. The van der Waals surface area contributed by atoms with E-state index < -0.39 is 0 Å². The maximum absolute atomic E-state index is 3.51. The summed E-state index contributed by atoms with van der Waals surface area (Å²) in [6.07, 6.45) is 8.50. The van der Waals surface area contributed by atoms with Crippen LogP contribution >= 0.6 is 15.9 Å². The van der Waals surface area contributed by atoms with E-state index in [1.54, 1.807) is 0 Å². The molecule has 0 fully saturated rings. The molecule has 1 aliphatic rings. The van der Waals surface area contributed by atoms with Gasteiger partial charge in [-0.2, -0.15) is 17.7 Å². The van der Waals surface area contributed by atoms with E-state index >= 15 is 0 Å². The smallest absolute Gasteiger partial charge is 1.00 e. The van der Waals surface area contributed by atoms with Gasteiger partial charge in [-0.25, -0.2) is 6.08 Å². The number of hydrogen-bond acceptors (Lipinski definition) is 0. The Kier molecular flexibility index (Phi) is 12.2. The molecule has 0 aliphatic heterocycles. The van der Waals surface area contributed by atoms with E-state index in [2.05, 4.69) is 92.2 Å². The third-order valence-corrected chi connectivity index (χ3v) is 4.10. The van der Waals surface area contributed by atoms with Gasteiger partial charge in [0.25, 0.3) is 0 Å². The van der Waals surface area contributed by atoms with Crippen molar-refractivity contribution in [1.82, 2.24) is 0 Å². The van der Waals surface area contributed by atoms with Crippen molar-refractivity contribution in [2.45, 2.75) is 34.1 Å². The van der Waals surface area contributed by atoms with Crippen molar-refractivity contribution in [1.29, 1.82) is 0 Å². The summed E-state index contributed by atoms with van der Waals surface area (Å²) in [5.74, 6) is 0. The second-order valence-electron chi connectivity index (χ2n) is 6.24. The molecule has 0 radical (unpaired) electrons. The molecule has 0 atom stereocenters. The van der Waals surface area contributed by atoms with E-state index in [-0.39, 0.29) is 51.0 Å². The molecule has 0 aromatic heterocycles. The van der Waals surface area contributed by atoms with Crippen LogP contribution in [0.5, 0.6) is 0 Å². The quantitative estimate of drug-likeness (QED) is 0.467. The molecule has 1 aliphatic carbocycles. The predicted octanol–water partition coefficient (Wildman–Crippen LogP) is 0.357. The van der Waals surface area contributed by atoms with Crippen LogP contribution in [-0.2, 0) is 26.2 Å². The fourth-order valence-corrected chi connectivity index (χ4v) is 2.76. The average molecular weight is 491 g/mol. The minimum atomic E-state index is 0. The maximum Gasteiger partial charge on any atom is 4.00 e. The van der Waals surface area contributed by atoms with Crippen LogP contribution in [0.3, 0.4) is 0 Å². The fourth-order valence-electron chi connectivity index (χ4n) is 2.27. The van der Waals surface area contributed by atoms with Gasteiger partial charge < -0.3 is 24.8 Å². The van der Waals surface area contributed by atoms with Crippen molar-refractivity contribution in [3.05, 3.63) is 64.2 Å². The van der Waals surface area contributed by atoms with Crippen LogP contribution in [0.25, 0.3) is 10.8 Å². The molecule has 0 saturated carbocycles. The first-order valence-electron chi connectivity index (χ1n) is 6.97. The summed E-state index contributed by atoms with van der Waals surface area (Å²) in [5.41, 5.74) is 3.07. The van der Waals surface area contributed by atoms with Gasteiger partial charge in [0, 0.05) is 0 Å². The number of hydrogen-bond donors (Lipinski definition) is 0. The van der Waals surface area contributed by atoms with E-state index in [0.717, 1.165) is 6.42 Å². The Labute approximate surface area is 180 Å². The fraction of sp³-hybridized carbons (Fsp3) is 0.316. The average Bonchev–Trinajstić information content (AvgIpc) is 2.97. The van der Waals surface area contributed by atoms with Gasteiger partial charge >= 0.3 is 26.2 Å². The Bertz CT molecular complexity index is 664. The van der Waals surface area contributed by atoms with Gasteiger partial charge in [-0.15, -0.1) is 41.0 Å². The van der Waals surface area contributed by atoms with Crippen LogP contribution in [0.2, 0.25) is 0 Å². The molecule has 0 unspecified atom stereocenters. The van der Waals surface area contributed by atoms with Gasteiger partial charge in [-0.1, -0.05) is 55.1 Å². The zero-order valence-electron chi connectivity index (χ0n) is 13.9. The first-order valence-corrected chi connectivity index (χ1v) is 7.76. The molecule has 0 N–H and O–H groups in total. The van der Waals surface area contributed by atoms with Gasteiger partial charge in [0.05, 0.1) is 0 Å². The molecular weight excluding hydrogens is 470 g/mol. The predicted molar refractivity (Wildman–Crippen MR) is 91.9 cm³/mol. The number of halogens is 3. The molecule has 0 amide bonds. The molecule has 0 bridgehead atoms. The second kappa shape index (κ2) is 11.0. The molecule has 3 rings (SSSR count). The van der Waals surface area contributed by atoms with Gasteiger partial charge in [-0.05, 0) is 4.47 Å². The Morgan fingerprint density at radius 1 is 1.17 bits per heavy atom. The van der Waals surface area contributed by atoms with Crippen LogP contribution < -0.4 is 24.8 Å². The zero-order valence-corrected chi connectivity index (χ0v) is 19.4. The molecule has 2 aromatic rings. The standard InChI is InChI=1S/C10H8Br.C9H13.2ClH.Zr/c1-7-5-8-3-2-4-10(11)9(8)6-7;1-9(2,3)8-6-4-5-7-8;;;/h2-6H,1H3;6-7H,4H2,1-3H3;2*1H;/q2*-1;;;+4/p-2. The van der Waals surface area contributed by atoms with E-state index in [4.69, 9.17) is 0 Å². The van der Waals surface area contributed by atoms with Gasteiger partial charge in [0.15, 0.2) is 0 Å². The first kappa shape index (κ1) is 25.5. The molecule has 2 aromatic carbocycles. The van der Waals surface area contributed by atoms with Crippen molar-refractivity contribution < 1.29 is 51.0 Å². The Hall–Kier alpha value is 0.253. The van der Waals surface area contributed by atoms with Gasteiger partial charge in [0.2, 0.25) is 0 Å². The van der Waals surface area contributed by atoms with Gasteiger partial charge in [0.1, 0.15) is 0 Å².